The predicted octanol–water partition coefficient (Wildman–Crippen LogP) is 2.96. The maximum atomic E-state index is 4.25. The average molecular weight is 253 g/mol. The molecule has 1 aromatic heterocycles. The Morgan fingerprint density at radius 2 is 2.21 bits per heavy atom. The normalized spacial score (nSPS) is 25.1. The van der Waals surface area contributed by atoms with Crippen molar-refractivity contribution in [1.29, 1.82) is 0 Å². The Hall–Kier alpha value is -1.64. The van der Waals surface area contributed by atoms with Crippen LogP contribution in [0.5, 0.6) is 0 Å². The molecule has 0 unspecified atom stereocenters. The van der Waals surface area contributed by atoms with Gasteiger partial charge in [0.25, 0.3) is 0 Å². The van der Waals surface area contributed by atoms with Gasteiger partial charge in [-0.1, -0.05) is 18.2 Å². The molecule has 0 spiro atoms. The molecule has 1 aromatic carbocycles. The molecule has 1 heterocycles. The van der Waals surface area contributed by atoms with Crippen molar-refractivity contribution < 1.29 is 0 Å². The number of benzene rings is 1. The fraction of sp³-hybridized carbons (Fsp3) is 0.500. The van der Waals surface area contributed by atoms with E-state index in [0.717, 1.165) is 12.5 Å². The summed E-state index contributed by atoms with van der Waals surface area (Å²) in [6.45, 7) is 1.01. The van der Waals surface area contributed by atoms with Crippen molar-refractivity contribution in [1.82, 2.24) is 14.8 Å². The Bertz CT molecular complexity index is 574. The monoisotopic (exact) mass is 253 g/mol. The van der Waals surface area contributed by atoms with E-state index in [-0.39, 0.29) is 0 Å². The van der Waals surface area contributed by atoms with Gasteiger partial charge in [0.2, 0.25) is 0 Å². The van der Waals surface area contributed by atoms with Crippen molar-refractivity contribution >= 4 is 0 Å². The van der Waals surface area contributed by atoms with E-state index in [9.17, 15) is 0 Å². The highest BCUT2D eigenvalue weighted by molar-refractivity contribution is 5.41. The molecule has 0 radical (unpaired) electrons. The summed E-state index contributed by atoms with van der Waals surface area (Å²) < 4.78 is 1.99. The summed E-state index contributed by atoms with van der Waals surface area (Å²) in [5.41, 5.74) is 4.91. The molecular formula is C16H19N3. The number of hydrogen-bond donors (Lipinski definition) is 0. The van der Waals surface area contributed by atoms with Crippen LogP contribution in [0.2, 0.25) is 0 Å². The van der Waals surface area contributed by atoms with Gasteiger partial charge < -0.3 is 0 Å². The molecule has 0 amide bonds. The van der Waals surface area contributed by atoms with Crippen LogP contribution >= 0.6 is 0 Å². The van der Waals surface area contributed by atoms with Gasteiger partial charge in [-0.15, -0.1) is 0 Å². The Morgan fingerprint density at radius 3 is 3.11 bits per heavy atom. The summed E-state index contributed by atoms with van der Waals surface area (Å²) in [7, 11) is 0. The zero-order chi connectivity index (χ0) is 12.7. The summed E-state index contributed by atoms with van der Waals surface area (Å²) in [4.78, 5) is 4.05. The summed E-state index contributed by atoms with van der Waals surface area (Å²) in [5, 5.41) is 4.25. The van der Waals surface area contributed by atoms with Gasteiger partial charge in [-0.3, -0.25) is 4.68 Å². The van der Waals surface area contributed by atoms with Crippen LogP contribution in [0.3, 0.4) is 0 Å². The minimum absolute atomic E-state index is 0.715. The van der Waals surface area contributed by atoms with E-state index >= 15 is 0 Å². The SMILES string of the molecule is c1cc2c3c(c1)C[C@H](Cn1cncn1)C[C@H]3CCC2. The molecule has 19 heavy (non-hydrogen) atoms. The van der Waals surface area contributed by atoms with Crippen molar-refractivity contribution in [3.8, 4) is 0 Å². The Kier molecular flexibility index (Phi) is 2.64. The van der Waals surface area contributed by atoms with E-state index < -0.39 is 0 Å². The molecule has 2 aliphatic rings. The van der Waals surface area contributed by atoms with Crippen LogP contribution in [-0.4, -0.2) is 14.8 Å². The van der Waals surface area contributed by atoms with Crippen LogP contribution in [-0.2, 0) is 19.4 Å². The first-order valence-corrected chi connectivity index (χ1v) is 7.33. The van der Waals surface area contributed by atoms with Crippen molar-refractivity contribution in [3.05, 3.63) is 47.5 Å². The average Bonchev–Trinajstić information content (AvgIpc) is 2.92. The van der Waals surface area contributed by atoms with Crippen LogP contribution in [0.4, 0.5) is 0 Å². The molecule has 2 aromatic rings. The molecule has 3 heteroatoms. The Labute approximate surface area is 113 Å². The van der Waals surface area contributed by atoms with Gasteiger partial charge in [0.15, 0.2) is 0 Å². The van der Waals surface area contributed by atoms with Crippen molar-refractivity contribution in [2.75, 3.05) is 0 Å². The lowest BCUT2D eigenvalue weighted by Crippen LogP contribution is -2.26. The molecule has 3 nitrogen and oxygen atoms in total. The summed E-state index contributed by atoms with van der Waals surface area (Å²) in [5.74, 6) is 1.51. The maximum Gasteiger partial charge on any atom is 0.137 e. The van der Waals surface area contributed by atoms with E-state index in [4.69, 9.17) is 0 Å². The second kappa shape index (κ2) is 4.48. The molecule has 2 aliphatic carbocycles. The third kappa shape index (κ3) is 1.97. The molecule has 0 aliphatic heterocycles. The first-order valence-electron chi connectivity index (χ1n) is 7.33. The molecule has 0 N–H and O–H groups in total. The third-order valence-corrected chi connectivity index (χ3v) is 4.73. The van der Waals surface area contributed by atoms with E-state index in [2.05, 4.69) is 28.3 Å². The quantitative estimate of drug-likeness (QED) is 0.824. The highest BCUT2D eigenvalue weighted by atomic mass is 15.3. The first-order chi connectivity index (χ1) is 9.40. The summed E-state index contributed by atoms with van der Waals surface area (Å²) in [6.07, 6.45) is 10.0. The number of aromatic nitrogens is 3. The second-order valence-corrected chi connectivity index (χ2v) is 6.00. The molecule has 0 saturated carbocycles. The van der Waals surface area contributed by atoms with Crippen molar-refractivity contribution in [2.45, 2.75) is 44.6 Å². The lowest BCUT2D eigenvalue weighted by molar-refractivity contribution is 0.322. The van der Waals surface area contributed by atoms with Crippen LogP contribution in [0.15, 0.2) is 30.9 Å². The zero-order valence-corrected chi connectivity index (χ0v) is 11.1. The van der Waals surface area contributed by atoms with E-state index in [1.54, 1.807) is 23.0 Å². The molecule has 98 valence electrons. The lowest BCUT2D eigenvalue weighted by Gasteiger charge is -2.36. The molecule has 4 rings (SSSR count). The standard InChI is InChI=1S/C16H19N3/c1-3-13-4-2-6-15-8-12(7-14(5-1)16(13)15)9-19-11-17-10-18-19/h1,3,5,10-12,15H,2,4,6-9H2/t12-,15+/m0/s1. The summed E-state index contributed by atoms with van der Waals surface area (Å²) >= 11 is 0. The van der Waals surface area contributed by atoms with E-state index in [0.29, 0.717) is 5.92 Å². The second-order valence-electron chi connectivity index (χ2n) is 6.00. The predicted molar refractivity (Wildman–Crippen MR) is 74.0 cm³/mol. The topological polar surface area (TPSA) is 30.7 Å². The van der Waals surface area contributed by atoms with Gasteiger partial charge in [0.1, 0.15) is 12.7 Å². The van der Waals surface area contributed by atoms with Gasteiger partial charge in [0.05, 0.1) is 0 Å². The molecular weight excluding hydrogens is 234 g/mol. The number of aryl methyl sites for hydroxylation is 1. The summed E-state index contributed by atoms with van der Waals surface area (Å²) in [6, 6.07) is 6.92. The van der Waals surface area contributed by atoms with Gasteiger partial charge in [-0.25, -0.2) is 4.98 Å². The molecule has 0 saturated heterocycles. The van der Waals surface area contributed by atoms with E-state index in [1.807, 2.05) is 11.0 Å². The highest BCUT2D eigenvalue weighted by Gasteiger charge is 2.30. The first kappa shape index (κ1) is 11.2. The zero-order valence-electron chi connectivity index (χ0n) is 11.1. The maximum absolute atomic E-state index is 4.25. The third-order valence-electron chi connectivity index (χ3n) is 4.73. The lowest BCUT2D eigenvalue weighted by atomic mass is 9.70. The fourth-order valence-corrected chi connectivity index (χ4v) is 4.03. The number of nitrogens with zero attached hydrogens (tertiary/aromatic N) is 3. The fourth-order valence-electron chi connectivity index (χ4n) is 4.03. The van der Waals surface area contributed by atoms with Crippen LogP contribution < -0.4 is 0 Å². The van der Waals surface area contributed by atoms with Crippen LogP contribution in [0.1, 0.15) is 41.9 Å². The minimum atomic E-state index is 0.715. The molecule has 2 atom stereocenters. The molecule has 0 bridgehead atoms. The number of hydrogen-bond acceptors (Lipinski definition) is 2. The minimum Gasteiger partial charge on any atom is -0.253 e. The van der Waals surface area contributed by atoms with Gasteiger partial charge in [-0.2, -0.15) is 5.10 Å². The number of rotatable bonds is 2. The Balaban J connectivity index is 1.63. The van der Waals surface area contributed by atoms with E-state index in [1.165, 1.54) is 32.1 Å². The highest BCUT2D eigenvalue weighted by Crippen LogP contribution is 2.43. The smallest absolute Gasteiger partial charge is 0.137 e. The Morgan fingerprint density at radius 1 is 1.26 bits per heavy atom. The van der Waals surface area contributed by atoms with Crippen molar-refractivity contribution in [3.63, 3.8) is 0 Å². The van der Waals surface area contributed by atoms with Crippen LogP contribution in [0, 0.1) is 5.92 Å². The van der Waals surface area contributed by atoms with Gasteiger partial charge in [-0.05, 0) is 60.6 Å². The van der Waals surface area contributed by atoms with Gasteiger partial charge >= 0.3 is 0 Å². The largest absolute Gasteiger partial charge is 0.253 e. The van der Waals surface area contributed by atoms with Gasteiger partial charge in [0, 0.05) is 6.54 Å². The van der Waals surface area contributed by atoms with Crippen molar-refractivity contribution in [2.24, 2.45) is 5.92 Å². The molecule has 0 fully saturated rings. The van der Waals surface area contributed by atoms with Crippen LogP contribution in [0.25, 0.3) is 0 Å².